The van der Waals surface area contributed by atoms with Crippen LogP contribution in [-0.4, -0.2) is 11.9 Å². The van der Waals surface area contributed by atoms with Gasteiger partial charge in [-0.2, -0.15) is 0 Å². The zero-order valence-electron chi connectivity index (χ0n) is 7.83. The van der Waals surface area contributed by atoms with Gasteiger partial charge in [0.05, 0.1) is 0 Å². The Kier molecular flexibility index (Phi) is 4.42. The van der Waals surface area contributed by atoms with Gasteiger partial charge in [-0.1, -0.05) is 19.9 Å². The van der Waals surface area contributed by atoms with Crippen molar-refractivity contribution in [1.82, 2.24) is 4.90 Å². The molecule has 0 amide bonds. The third kappa shape index (κ3) is 3.12. The largest absolute Gasteiger partial charge is 0.403 e. The van der Waals surface area contributed by atoms with Crippen LogP contribution in [0.4, 0.5) is 0 Å². The molecule has 0 atom stereocenters. The van der Waals surface area contributed by atoms with Crippen molar-refractivity contribution < 1.29 is 0 Å². The van der Waals surface area contributed by atoms with Crippen molar-refractivity contribution in [3.05, 3.63) is 24.2 Å². The van der Waals surface area contributed by atoms with E-state index >= 15 is 0 Å². The van der Waals surface area contributed by atoms with Gasteiger partial charge in [0.25, 0.3) is 0 Å². The molecule has 0 bridgehead atoms. The summed E-state index contributed by atoms with van der Waals surface area (Å²) in [5.41, 5.74) is 6.61. The first-order chi connectivity index (χ1) is 5.13. The SMILES string of the molecule is C/C=C\N(C)/C(=C\N)C(C)C. The molecule has 64 valence electrons. The van der Waals surface area contributed by atoms with Gasteiger partial charge in [0.2, 0.25) is 0 Å². The van der Waals surface area contributed by atoms with Crippen LogP contribution in [0.15, 0.2) is 24.2 Å². The first-order valence-corrected chi connectivity index (χ1v) is 3.91. The van der Waals surface area contributed by atoms with Crippen LogP contribution >= 0.6 is 0 Å². The molecule has 0 aliphatic carbocycles. The van der Waals surface area contributed by atoms with Crippen molar-refractivity contribution in [2.45, 2.75) is 20.8 Å². The van der Waals surface area contributed by atoms with Crippen molar-refractivity contribution in [2.24, 2.45) is 11.7 Å². The fraction of sp³-hybridized carbons (Fsp3) is 0.556. The average molecular weight is 154 g/mol. The van der Waals surface area contributed by atoms with E-state index in [2.05, 4.69) is 13.8 Å². The summed E-state index contributed by atoms with van der Waals surface area (Å²) < 4.78 is 0. The van der Waals surface area contributed by atoms with Crippen molar-refractivity contribution in [2.75, 3.05) is 7.05 Å². The van der Waals surface area contributed by atoms with E-state index in [9.17, 15) is 0 Å². The standard InChI is InChI=1S/C9H18N2/c1-5-6-11(4)9(7-10)8(2)3/h5-8H,10H2,1-4H3/b6-5-,9-7-. The van der Waals surface area contributed by atoms with Gasteiger partial charge < -0.3 is 10.6 Å². The lowest BCUT2D eigenvalue weighted by Crippen LogP contribution is -2.16. The quantitative estimate of drug-likeness (QED) is 0.672. The maximum atomic E-state index is 5.47. The molecule has 2 N–H and O–H groups in total. The van der Waals surface area contributed by atoms with E-state index in [4.69, 9.17) is 5.73 Å². The molecule has 2 nitrogen and oxygen atoms in total. The molecule has 11 heavy (non-hydrogen) atoms. The van der Waals surface area contributed by atoms with Gasteiger partial charge in [0.15, 0.2) is 0 Å². The average Bonchev–Trinajstić information content (AvgIpc) is 1.88. The minimum atomic E-state index is 0.473. The molecule has 0 heterocycles. The van der Waals surface area contributed by atoms with Crippen LogP contribution < -0.4 is 5.73 Å². The van der Waals surface area contributed by atoms with E-state index in [-0.39, 0.29) is 0 Å². The van der Waals surface area contributed by atoms with E-state index in [1.54, 1.807) is 6.20 Å². The molecule has 0 saturated carbocycles. The van der Waals surface area contributed by atoms with Crippen LogP contribution in [-0.2, 0) is 0 Å². The summed E-state index contributed by atoms with van der Waals surface area (Å²) in [5.74, 6) is 0.473. The lowest BCUT2D eigenvalue weighted by atomic mass is 10.1. The Morgan fingerprint density at radius 2 is 2.00 bits per heavy atom. The van der Waals surface area contributed by atoms with E-state index in [0.29, 0.717) is 5.92 Å². The van der Waals surface area contributed by atoms with Gasteiger partial charge in [0.1, 0.15) is 0 Å². The highest BCUT2D eigenvalue weighted by Crippen LogP contribution is 2.11. The van der Waals surface area contributed by atoms with Crippen molar-refractivity contribution in [3.63, 3.8) is 0 Å². The molecular formula is C9H18N2. The molecule has 0 aromatic rings. The molecule has 0 aliphatic heterocycles. The Morgan fingerprint density at radius 3 is 2.27 bits per heavy atom. The van der Waals surface area contributed by atoms with Crippen LogP contribution in [0.1, 0.15) is 20.8 Å². The van der Waals surface area contributed by atoms with E-state index in [1.165, 1.54) is 0 Å². The zero-order valence-corrected chi connectivity index (χ0v) is 7.83. The topological polar surface area (TPSA) is 29.3 Å². The second-order valence-electron chi connectivity index (χ2n) is 2.84. The summed E-state index contributed by atoms with van der Waals surface area (Å²) in [5, 5.41) is 0. The van der Waals surface area contributed by atoms with Crippen LogP contribution in [0.25, 0.3) is 0 Å². The van der Waals surface area contributed by atoms with E-state index in [0.717, 1.165) is 5.70 Å². The van der Waals surface area contributed by atoms with Gasteiger partial charge in [-0.25, -0.2) is 0 Å². The smallest absolute Gasteiger partial charge is 0.0353 e. The molecule has 0 aromatic heterocycles. The summed E-state index contributed by atoms with van der Waals surface area (Å²) in [6, 6.07) is 0. The molecule has 0 aromatic carbocycles. The van der Waals surface area contributed by atoms with Crippen LogP contribution in [0.5, 0.6) is 0 Å². The highest BCUT2D eigenvalue weighted by atomic mass is 15.1. The Hall–Kier alpha value is -0.920. The van der Waals surface area contributed by atoms with Gasteiger partial charge in [-0.05, 0) is 19.0 Å². The Morgan fingerprint density at radius 1 is 1.45 bits per heavy atom. The van der Waals surface area contributed by atoms with Crippen LogP contribution in [0.3, 0.4) is 0 Å². The summed E-state index contributed by atoms with van der Waals surface area (Å²) in [7, 11) is 2.00. The molecule has 0 fully saturated rings. The Labute approximate surface area is 69.4 Å². The van der Waals surface area contributed by atoms with Gasteiger partial charge in [-0.3, -0.25) is 0 Å². The van der Waals surface area contributed by atoms with Crippen molar-refractivity contribution in [1.29, 1.82) is 0 Å². The monoisotopic (exact) mass is 154 g/mol. The third-order valence-electron chi connectivity index (χ3n) is 1.54. The first-order valence-electron chi connectivity index (χ1n) is 3.91. The minimum Gasteiger partial charge on any atom is -0.403 e. The lowest BCUT2D eigenvalue weighted by molar-refractivity contribution is 0.485. The number of rotatable bonds is 3. The number of nitrogens with two attached hydrogens (primary N) is 1. The number of hydrogen-bond acceptors (Lipinski definition) is 2. The summed E-state index contributed by atoms with van der Waals surface area (Å²) in [4.78, 5) is 2.03. The number of allylic oxidation sites excluding steroid dienone is 2. The van der Waals surface area contributed by atoms with Crippen LogP contribution in [0.2, 0.25) is 0 Å². The molecule has 0 rings (SSSR count). The van der Waals surface area contributed by atoms with E-state index < -0.39 is 0 Å². The van der Waals surface area contributed by atoms with Crippen LogP contribution in [0, 0.1) is 5.92 Å². The minimum absolute atomic E-state index is 0.473. The summed E-state index contributed by atoms with van der Waals surface area (Å²) in [6.07, 6.45) is 5.65. The molecule has 0 aliphatic rings. The fourth-order valence-electron chi connectivity index (χ4n) is 1.03. The molecule has 0 spiro atoms. The Bertz CT molecular complexity index is 157. The maximum absolute atomic E-state index is 5.47. The van der Waals surface area contributed by atoms with E-state index in [1.807, 2.05) is 31.1 Å². The fourth-order valence-corrected chi connectivity index (χ4v) is 1.03. The predicted molar refractivity (Wildman–Crippen MR) is 49.7 cm³/mol. The Balaban J connectivity index is 4.27. The number of nitrogens with zero attached hydrogens (tertiary/aromatic N) is 1. The predicted octanol–water partition coefficient (Wildman–Crippen LogP) is 1.91. The van der Waals surface area contributed by atoms with Gasteiger partial charge >= 0.3 is 0 Å². The number of hydrogen-bond donors (Lipinski definition) is 1. The maximum Gasteiger partial charge on any atom is 0.0353 e. The second kappa shape index (κ2) is 4.83. The van der Waals surface area contributed by atoms with Crippen molar-refractivity contribution >= 4 is 0 Å². The van der Waals surface area contributed by atoms with Gasteiger partial charge in [-0.15, -0.1) is 0 Å². The molecule has 2 heteroatoms. The first kappa shape index (κ1) is 10.1. The molecule has 0 unspecified atom stereocenters. The molecular weight excluding hydrogens is 136 g/mol. The second-order valence-corrected chi connectivity index (χ2v) is 2.84. The molecule has 0 radical (unpaired) electrons. The summed E-state index contributed by atoms with van der Waals surface area (Å²) in [6.45, 7) is 6.24. The summed E-state index contributed by atoms with van der Waals surface area (Å²) >= 11 is 0. The van der Waals surface area contributed by atoms with Gasteiger partial charge in [0, 0.05) is 18.9 Å². The highest BCUT2D eigenvalue weighted by molar-refractivity contribution is 5.04. The zero-order chi connectivity index (χ0) is 8.85. The third-order valence-corrected chi connectivity index (χ3v) is 1.54. The normalized spacial score (nSPS) is 13.0. The lowest BCUT2D eigenvalue weighted by Gasteiger charge is -2.20. The molecule has 0 saturated heterocycles. The van der Waals surface area contributed by atoms with Crippen molar-refractivity contribution in [3.8, 4) is 0 Å². The highest BCUT2D eigenvalue weighted by Gasteiger charge is 2.04.